The molecule has 3 aromatic carbocycles. The number of methoxy groups -OCH3 is 2. The topological polar surface area (TPSA) is 96.2 Å². The molecular formula is C23H19N3O4. The van der Waals surface area contributed by atoms with Crippen molar-refractivity contribution in [2.45, 2.75) is 5.92 Å². The van der Waals surface area contributed by atoms with Gasteiger partial charge in [0.25, 0.3) is 5.56 Å². The van der Waals surface area contributed by atoms with Gasteiger partial charge >= 0.3 is 5.69 Å². The highest BCUT2D eigenvalue weighted by Crippen LogP contribution is 2.46. The number of benzene rings is 3. The Balaban J connectivity index is 1.87. The standard InChI is InChI=1S/C23H19N3O4/c1-29-16-10-8-13(11-17(16)30-2)18-19-14-6-4-3-5-12(14)7-9-15(19)24-21-20(18)22(27)26-23(28)25-21/h3-11,18H,1-2H3,(H3,24,25,26,27,28)/t18-/m1/s1. The van der Waals surface area contributed by atoms with Crippen molar-refractivity contribution in [1.29, 1.82) is 0 Å². The molecule has 150 valence electrons. The number of ether oxygens (including phenoxy) is 2. The monoisotopic (exact) mass is 401 g/mol. The number of anilines is 2. The van der Waals surface area contributed by atoms with Crippen LogP contribution in [0.5, 0.6) is 11.5 Å². The van der Waals surface area contributed by atoms with Crippen LogP contribution in [0.3, 0.4) is 0 Å². The van der Waals surface area contributed by atoms with E-state index in [2.05, 4.69) is 15.3 Å². The average molecular weight is 401 g/mol. The smallest absolute Gasteiger partial charge is 0.327 e. The van der Waals surface area contributed by atoms with E-state index in [0.717, 1.165) is 27.6 Å². The zero-order chi connectivity index (χ0) is 20.8. The molecule has 0 bridgehead atoms. The van der Waals surface area contributed by atoms with Crippen LogP contribution in [0.15, 0.2) is 64.2 Å². The molecule has 0 saturated heterocycles. The van der Waals surface area contributed by atoms with E-state index >= 15 is 0 Å². The molecule has 4 aromatic rings. The molecule has 0 radical (unpaired) electrons. The minimum absolute atomic E-state index is 0.395. The quantitative estimate of drug-likeness (QED) is 0.430. The number of aromatic amines is 2. The fraction of sp³-hybridized carbons (Fsp3) is 0.130. The maximum atomic E-state index is 12.9. The van der Waals surface area contributed by atoms with Gasteiger partial charge in [0.2, 0.25) is 0 Å². The highest BCUT2D eigenvalue weighted by Gasteiger charge is 2.32. The van der Waals surface area contributed by atoms with E-state index in [9.17, 15) is 9.59 Å². The summed E-state index contributed by atoms with van der Waals surface area (Å²) in [5, 5.41) is 5.32. The van der Waals surface area contributed by atoms with Crippen molar-refractivity contribution in [3.8, 4) is 11.5 Å². The Kier molecular flexibility index (Phi) is 4.10. The third-order valence-corrected chi connectivity index (χ3v) is 5.53. The van der Waals surface area contributed by atoms with Crippen LogP contribution >= 0.6 is 0 Å². The van der Waals surface area contributed by atoms with Crippen molar-refractivity contribution >= 4 is 22.3 Å². The van der Waals surface area contributed by atoms with Crippen molar-refractivity contribution in [1.82, 2.24) is 9.97 Å². The van der Waals surface area contributed by atoms with Gasteiger partial charge in [-0.15, -0.1) is 0 Å². The third kappa shape index (κ3) is 2.67. The molecule has 0 aliphatic carbocycles. The molecular weight excluding hydrogens is 382 g/mol. The van der Waals surface area contributed by atoms with Gasteiger partial charge in [0, 0.05) is 11.6 Å². The second-order valence-electron chi connectivity index (χ2n) is 7.12. The van der Waals surface area contributed by atoms with E-state index in [1.54, 1.807) is 14.2 Å². The fourth-order valence-corrected chi connectivity index (χ4v) is 4.23. The number of rotatable bonds is 3. The Morgan fingerprint density at radius 1 is 0.833 bits per heavy atom. The van der Waals surface area contributed by atoms with Gasteiger partial charge in [0.05, 0.1) is 19.8 Å². The first kappa shape index (κ1) is 18.1. The van der Waals surface area contributed by atoms with Gasteiger partial charge in [-0.2, -0.15) is 0 Å². The van der Waals surface area contributed by atoms with E-state index < -0.39 is 17.2 Å². The molecule has 0 spiro atoms. The van der Waals surface area contributed by atoms with E-state index in [4.69, 9.17) is 9.47 Å². The SMILES string of the molecule is COc1ccc([C@H]2c3c([nH]c(=O)[nH]c3=O)Nc3ccc4ccccc4c32)cc1OC. The fourth-order valence-electron chi connectivity index (χ4n) is 4.23. The molecule has 0 unspecified atom stereocenters. The van der Waals surface area contributed by atoms with Gasteiger partial charge in [-0.3, -0.25) is 14.8 Å². The number of H-pyrrole nitrogens is 2. The Morgan fingerprint density at radius 2 is 1.63 bits per heavy atom. The van der Waals surface area contributed by atoms with E-state index in [1.165, 1.54) is 0 Å². The molecule has 5 rings (SSSR count). The van der Waals surface area contributed by atoms with Crippen molar-refractivity contribution in [2.24, 2.45) is 0 Å². The first-order chi connectivity index (χ1) is 14.6. The van der Waals surface area contributed by atoms with E-state index in [1.807, 2.05) is 54.6 Å². The van der Waals surface area contributed by atoms with Gasteiger partial charge in [-0.1, -0.05) is 36.4 Å². The van der Waals surface area contributed by atoms with Crippen LogP contribution in [-0.2, 0) is 0 Å². The van der Waals surface area contributed by atoms with Gasteiger partial charge in [0.1, 0.15) is 5.82 Å². The van der Waals surface area contributed by atoms with Gasteiger partial charge in [-0.05, 0) is 40.1 Å². The maximum absolute atomic E-state index is 12.9. The Bertz CT molecular complexity index is 1400. The van der Waals surface area contributed by atoms with Gasteiger partial charge in [-0.25, -0.2) is 4.79 Å². The molecule has 7 nitrogen and oxygen atoms in total. The van der Waals surface area contributed by atoms with E-state index in [0.29, 0.717) is 22.9 Å². The lowest BCUT2D eigenvalue weighted by molar-refractivity contribution is 0.354. The second-order valence-corrected chi connectivity index (χ2v) is 7.12. The molecule has 1 aromatic heterocycles. The summed E-state index contributed by atoms with van der Waals surface area (Å²) >= 11 is 0. The lowest BCUT2D eigenvalue weighted by Gasteiger charge is -2.30. The Hall–Kier alpha value is -4.00. The summed E-state index contributed by atoms with van der Waals surface area (Å²) in [5.41, 5.74) is 2.12. The third-order valence-electron chi connectivity index (χ3n) is 5.53. The van der Waals surface area contributed by atoms with Crippen LogP contribution in [0.2, 0.25) is 0 Å². The summed E-state index contributed by atoms with van der Waals surface area (Å²) < 4.78 is 10.9. The lowest BCUT2D eigenvalue weighted by atomic mass is 9.80. The predicted octanol–water partition coefficient (Wildman–Crippen LogP) is 3.47. The normalized spacial score (nSPS) is 14.5. The van der Waals surface area contributed by atoms with Crippen LogP contribution in [0.4, 0.5) is 11.5 Å². The number of hydrogen-bond donors (Lipinski definition) is 3. The summed E-state index contributed by atoms with van der Waals surface area (Å²) in [6, 6.07) is 17.6. The Labute approximate surface area is 171 Å². The average Bonchev–Trinajstić information content (AvgIpc) is 2.76. The molecule has 1 aliphatic rings. The predicted molar refractivity (Wildman–Crippen MR) is 115 cm³/mol. The first-order valence-corrected chi connectivity index (χ1v) is 9.48. The van der Waals surface area contributed by atoms with Crippen LogP contribution in [0.1, 0.15) is 22.6 Å². The minimum atomic E-state index is -0.554. The molecule has 3 N–H and O–H groups in total. The summed E-state index contributed by atoms with van der Waals surface area (Å²) in [5.74, 6) is 1.15. The van der Waals surface area contributed by atoms with Crippen molar-refractivity contribution in [2.75, 3.05) is 19.5 Å². The summed E-state index contributed by atoms with van der Waals surface area (Å²) in [6.45, 7) is 0. The molecule has 7 heteroatoms. The highest BCUT2D eigenvalue weighted by atomic mass is 16.5. The lowest BCUT2D eigenvalue weighted by Crippen LogP contribution is -2.32. The van der Waals surface area contributed by atoms with Crippen LogP contribution in [0.25, 0.3) is 10.8 Å². The molecule has 2 heterocycles. The number of nitrogens with one attached hydrogen (secondary N) is 3. The molecule has 0 saturated carbocycles. The van der Waals surface area contributed by atoms with Crippen molar-refractivity contribution in [3.63, 3.8) is 0 Å². The summed E-state index contributed by atoms with van der Waals surface area (Å²) in [4.78, 5) is 29.9. The van der Waals surface area contributed by atoms with Crippen LogP contribution < -0.4 is 26.0 Å². The molecule has 0 fully saturated rings. The van der Waals surface area contributed by atoms with E-state index in [-0.39, 0.29) is 0 Å². The first-order valence-electron chi connectivity index (χ1n) is 9.48. The molecule has 1 aliphatic heterocycles. The zero-order valence-corrected chi connectivity index (χ0v) is 16.4. The number of hydrogen-bond acceptors (Lipinski definition) is 5. The Morgan fingerprint density at radius 3 is 2.43 bits per heavy atom. The largest absolute Gasteiger partial charge is 0.493 e. The van der Waals surface area contributed by atoms with Crippen LogP contribution in [0, 0.1) is 0 Å². The maximum Gasteiger partial charge on any atom is 0.327 e. The number of fused-ring (bicyclic) bond motifs is 4. The van der Waals surface area contributed by atoms with Gasteiger partial charge in [0.15, 0.2) is 11.5 Å². The van der Waals surface area contributed by atoms with Crippen molar-refractivity contribution in [3.05, 3.63) is 92.1 Å². The van der Waals surface area contributed by atoms with Crippen molar-refractivity contribution < 1.29 is 9.47 Å². The summed E-state index contributed by atoms with van der Waals surface area (Å²) in [7, 11) is 3.15. The number of aromatic nitrogens is 2. The molecule has 30 heavy (non-hydrogen) atoms. The van der Waals surface area contributed by atoms with Gasteiger partial charge < -0.3 is 14.8 Å². The molecule has 0 amide bonds. The highest BCUT2D eigenvalue weighted by molar-refractivity contribution is 5.94. The minimum Gasteiger partial charge on any atom is -0.493 e. The molecule has 1 atom stereocenters. The second kappa shape index (κ2) is 6.81. The zero-order valence-electron chi connectivity index (χ0n) is 16.4. The van der Waals surface area contributed by atoms with Crippen LogP contribution in [-0.4, -0.2) is 24.2 Å². The summed E-state index contributed by atoms with van der Waals surface area (Å²) in [6.07, 6.45) is 0.